The minimum atomic E-state index is -0.416. The summed E-state index contributed by atoms with van der Waals surface area (Å²) in [6, 6.07) is 14.9. The number of ether oxygens (including phenoxy) is 1. The lowest BCUT2D eigenvalue weighted by Crippen LogP contribution is -2.22. The topological polar surface area (TPSA) is 56.3 Å². The van der Waals surface area contributed by atoms with E-state index in [4.69, 9.17) is 14.4 Å². The number of rotatable bonds is 7. The van der Waals surface area contributed by atoms with E-state index in [1.807, 2.05) is 61.2 Å². The van der Waals surface area contributed by atoms with Crippen LogP contribution in [0.25, 0.3) is 16.9 Å². The number of aryl methyl sites for hydroxylation is 1. The van der Waals surface area contributed by atoms with E-state index in [-0.39, 0.29) is 11.8 Å². The highest BCUT2D eigenvalue weighted by Crippen LogP contribution is 2.30. The van der Waals surface area contributed by atoms with Crippen molar-refractivity contribution in [3.8, 4) is 22.7 Å². The summed E-state index contributed by atoms with van der Waals surface area (Å²) in [5, 5.41) is 8.89. The molecule has 4 aromatic rings. The van der Waals surface area contributed by atoms with Crippen molar-refractivity contribution in [3.63, 3.8) is 0 Å². The van der Waals surface area contributed by atoms with Gasteiger partial charge in [0, 0.05) is 29.9 Å². The molecule has 2 aromatic carbocycles. The Morgan fingerprint density at radius 3 is 2.68 bits per heavy atom. The molecule has 0 spiro atoms. The van der Waals surface area contributed by atoms with E-state index in [1.54, 1.807) is 12.3 Å². The van der Waals surface area contributed by atoms with Crippen LogP contribution in [0, 0.1) is 12.7 Å². The van der Waals surface area contributed by atoms with Gasteiger partial charge in [-0.25, -0.2) is 9.07 Å². The molecule has 6 nitrogen and oxygen atoms in total. The maximum Gasteiger partial charge on any atom is 0.165 e. The number of nitrogens with zero attached hydrogens (tertiary/aromatic N) is 4. The van der Waals surface area contributed by atoms with E-state index < -0.39 is 5.82 Å². The number of halogens is 1. The van der Waals surface area contributed by atoms with Crippen molar-refractivity contribution >= 4 is 0 Å². The van der Waals surface area contributed by atoms with E-state index in [0.717, 1.165) is 28.2 Å². The SMILES string of the molecule is COc1ccc(-c2nn(-c3ccccc3C)cc2CN(C)[C@H](C)c2ccon2)cc1F. The van der Waals surface area contributed by atoms with Crippen LogP contribution in [0.4, 0.5) is 4.39 Å². The Balaban J connectivity index is 1.75. The van der Waals surface area contributed by atoms with Crippen LogP contribution in [0.2, 0.25) is 0 Å². The Kier molecular flexibility index (Phi) is 5.86. The van der Waals surface area contributed by atoms with Gasteiger partial charge in [-0.1, -0.05) is 23.4 Å². The first-order chi connectivity index (χ1) is 15.0. The minimum Gasteiger partial charge on any atom is -0.494 e. The van der Waals surface area contributed by atoms with Crippen molar-refractivity contribution in [2.24, 2.45) is 0 Å². The maximum absolute atomic E-state index is 14.4. The van der Waals surface area contributed by atoms with Gasteiger partial charge < -0.3 is 9.26 Å². The van der Waals surface area contributed by atoms with Crippen LogP contribution in [0.3, 0.4) is 0 Å². The standard InChI is InChI=1S/C24H25FN4O2/c1-16-7-5-6-8-22(16)29-15-19(14-28(3)17(2)21-11-12-31-27-21)24(26-29)18-9-10-23(30-4)20(25)13-18/h5-13,15,17H,14H2,1-4H3/t17-/m1/s1. The van der Waals surface area contributed by atoms with Crippen molar-refractivity contribution in [2.75, 3.05) is 14.2 Å². The third-order valence-electron chi connectivity index (χ3n) is 5.54. The predicted octanol–water partition coefficient (Wildman–Crippen LogP) is 5.18. The fourth-order valence-electron chi connectivity index (χ4n) is 3.59. The molecular formula is C24H25FN4O2. The van der Waals surface area contributed by atoms with Gasteiger partial charge in [-0.15, -0.1) is 0 Å². The molecule has 0 amide bonds. The normalized spacial score (nSPS) is 12.3. The van der Waals surface area contributed by atoms with Gasteiger partial charge in [0.25, 0.3) is 0 Å². The van der Waals surface area contributed by atoms with Crippen molar-refractivity contribution in [1.29, 1.82) is 0 Å². The quantitative estimate of drug-likeness (QED) is 0.413. The molecule has 0 unspecified atom stereocenters. The first kappa shape index (κ1) is 20.8. The molecule has 0 saturated carbocycles. The molecule has 0 N–H and O–H groups in total. The molecule has 1 atom stereocenters. The summed E-state index contributed by atoms with van der Waals surface area (Å²) in [5.41, 5.74) is 5.34. The Labute approximate surface area is 180 Å². The van der Waals surface area contributed by atoms with Crippen LogP contribution in [0.15, 0.2) is 65.5 Å². The third-order valence-corrected chi connectivity index (χ3v) is 5.54. The second-order valence-corrected chi connectivity index (χ2v) is 7.60. The number of para-hydroxylation sites is 1. The molecule has 0 fully saturated rings. The molecule has 0 saturated heterocycles. The predicted molar refractivity (Wildman–Crippen MR) is 117 cm³/mol. The van der Waals surface area contributed by atoms with Crippen LogP contribution < -0.4 is 4.74 Å². The molecule has 0 aliphatic heterocycles. The Hall–Kier alpha value is -3.45. The molecule has 0 bridgehead atoms. The summed E-state index contributed by atoms with van der Waals surface area (Å²) >= 11 is 0. The van der Waals surface area contributed by atoms with Crippen LogP contribution >= 0.6 is 0 Å². The lowest BCUT2D eigenvalue weighted by molar-refractivity contribution is 0.241. The summed E-state index contributed by atoms with van der Waals surface area (Å²) in [5.74, 6) is -0.207. The highest BCUT2D eigenvalue weighted by molar-refractivity contribution is 5.64. The molecule has 0 aliphatic carbocycles. The average molecular weight is 420 g/mol. The zero-order valence-corrected chi connectivity index (χ0v) is 18.0. The molecule has 31 heavy (non-hydrogen) atoms. The summed E-state index contributed by atoms with van der Waals surface area (Å²) in [7, 11) is 3.47. The molecular weight excluding hydrogens is 395 g/mol. The molecule has 2 aromatic heterocycles. The van der Waals surface area contributed by atoms with Crippen LogP contribution in [0.5, 0.6) is 5.75 Å². The molecule has 0 aliphatic rings. The fourth-order valence-corrected chi connectivity index (χ4v) is 3.59. The van der Waals surface area contributed by atoms with E-state index in [0.29, 0.717) is 12.1 Å². The van der Waals surface area contributed by atoms with Gasteiger partial charge in [0.2, 0.25) is 0 Å². The van der Waals surface area contributed by atoms with Crippen molar-refractivity contribution in [3.05, 3.63) is 83.6 Å². The van der Waals surface area contributed by atoms with Crippen LogP contribution in [-0.4, -0.2) is 34.0 Å². The number of aromatic nitrogens is 3. The van der Waals surface area contributed by atoms with E-state index in [9.17, 15) is 4.39 Å². The Morgan fingerprint density at radius 2 is 2.00 bits per heavy atom. The number of hydrogen-bond acceptors (Lipinski definition) is 5. The van der Waals surface area contributed by atoms with E-state index in [1.165, 1.54) is 13.2 Å². The van der Waals surface area contributed by atoms with E-state index in [2.05, 4.69) is 17.0 Å². The van der Waals surface area contributed by atoms with Gasteiger partial charge in [-0.3, -0.25) is 4.90 Å². The van der Waals surface area contributed by atoms with Gasteiger partial charge in [-0.2, -0.15) is 5.10 Å². The van der Waals surface area contributed by atoms with Crippen molar-refractivity contribution in [1.82, 2.24) is 19.8 Å². The lowest BCUT2D eigenvalue weighted by atomic mass is 10.1. The van der Waals surface area contributed by atoms with Crippen molar-refractivity contribution < 1.29 is 13.7 Å². The van der Waals surface area contributed by atoms with Gasteiger partial charge >= 0.3 is 0 Å². The van der Waals surface area contributed by atoms with Gasteiger partial charge in [0.1, 0.15) is 12.0 Å². The maximum atomic E-state index is 14.4. The average Bonchev–Trinajstić information content (AvgIpc) is 3.44. The summed E-state index contributed by atoms with van der Waals surface area (Å²) in [6.07, 6.45) is 3.58. The highest BCUT2D eigenvalue weighted by Gasteiger charge is 2.20. The third kappa shape index (κ3) is 4.22. The van der Waals surface area contributed by atoms with Gasteiger partial charge in [0.05, 0.1) is 24.5 Å². The molecule has 0 radical (unpaired) electrons. The molecule has 7 heteroatoms. The monoisotopic (exact) mass is 420 g/mol. The van der Waals surface area contributed by atoms with Crippen molar-refractivity contribution in [2.45, 2.75) is 26.4 Å². The van der Waals surface area contributed by atoms with Gasteiger partial charge in [-0.05, 0) is 50.7 Å². The van der Waals surface area contributed by atoms with Crippen LogP contribution in [0.1, 0.15) is 29.8 Å². The number of methoxy groups -OCH3 is 1. The lowest BCUT2D eigenvalue weighted by Gasteiger charge is -2.22. The Bertz CT molecular complexity index is 1170. The molecule has 160 valence electrons. The summed E-state index contributed by atoms with van der Waals surface area (Å²) in [6.45, 7) is 4.71. The highest BCUT2D eigenvalue weighted by atomic mass is 19.1. The smallest absolute Gasteiger partial charge is 0.165 e. The zero-order valence-electron chi connectivity index (χ0n) is 18.0. The largest absolute Gasteiger partial charge is 0.494 e. The number of hydrogen-bond donors (Lipinski definition) is 0. The molecule has 2 heterocycles. The molecule has 4 rings (SSSR count). The first-order valence-electron chi connectivity index (χ1n) is 10.1. The number of benzene rings is 2. The van der Waals surface area contributed by atoms with Gasteiger partial charge in [0.15, 0.2) is 11.6 Å². The van der Waals surface area contributed by atoms with Crippen LogP contribution in [-0.2, 0) is 6.54 Å². The second kappa shape index (κ2) is 8.73. The van der Waals surface area contributed by atoms with E-state index >= 15 is 0 Å². The summed E-state index contributed by atoms with van der Waals surface area (Å²) in [4.78, 5) is 2.15. The zero-order chi connectivity index (χ0) is 22.0. The minimum absolute atomic E-state index is 0.0426. The Morgan fingerprint density at radius 1 is 1.19 bits per heavy atom. The first-order valence-corrected chi connectivity index (χ1v) is 10.1. The fraction of sp³-hybridized carbons (Fsp3) is 0.250. The summed E-state index contributed by atoms with van der Waals surface area (Å²) < 4.78 is 26.4. The second-order valence-electron chi connectivity index (χ2n) is 7.60.